The molecular weight excluding hydrogens is 252 g/mol. The minimum absolute atomic E-state index is 0.133. The van der Waals surface area contributed by atoms with E-state index in [2.05, 4.69) is 5.32 Å². The quantitative estimate of drug-likeness (QED) is 0.704. The fraction of sp³-hybridized carbons (Fsp3) is 0.500. The van der Waals surface area contributed by atoms with E-state index >= 15 is 0 Å². The molecule has 6 heteroatoms. The number of sulfonamides is 1. The molecule has 1 aromatic carbocycles. The molecule has 102 valence electrons. The summed E-state index contributed by atoms with van der Waals surface area (Å²) in [5, 5.41) is 8.24. The van der Waals surface area contributed by atoms with Gasteiger partial charge in [0.2, 0.25) is 10.0 Å². The number of hydrogen-bond acceptors (Lipinski definition) is 4. The van der Waals surface area contributed by atoms with E-state index < -0.39 is 10.0 Å². The monoisotopic (exact) mass is 272 g/mol. The maximum Gasteiger partial charge on any atom is 0.238 e. The molecule has 0 aliphatic carbocycles. The predicted molar refractivity (Wildman–Crippen MR) is 72.0 cm³/mol. The minimum Gasteiger partial charge on any atom is -0.385 e. The van der Waals surface area contributed by atoms with Crippen molar-refractivity contribution in [3.05, 3.63) is 24.3 Å². The van der Waals surface area contributed by atoms with Gasteiger partial charge in [0.15, 0.2) is 0 Å². The highest BCUT2D eigenvalue weighted by Gasteiger charge is 2.06. The summed E-state index contributed by atoms with van der Waals surface area (Å²) in [5.74, 6) is 0. The molecule has 0 bridgehead atoms. The Morgan fingerprint density at radius 1 is 1.17 bits per heavy atom. The molecule has 0 atom stereocenters. The van der Waals surface area contributed by atoms with Gasteiger partial charge in [0.25, 0.3) is 0 Å². The van der Waals surface area contributed by atoms with Gasteiger partial charge in [0, 0.05) is 25.9 Å². The number of hydrogen-bond donors (Lipinski definition) is 2. The molecule has 0 heterocycles. The van der Waals surface area contributed by atoms with E-state index in [1.54, 1.807) is 19.2 Å². The van der Waals surface area contributed by atoms with E-state index in [4.69, 9.17) is 9.88 Å². The second kappa shape index (κ2) is 7.35. The lowest BCUT2D eigenvalue weighted by Crippen LogP contribution is -2.12. The number of anilines is 1. The van der Waals surface area contributed by atoms with Crippen LogP contribution in [0.15, 0.2) is 29.2 Å². The Kier molecular flexibility index (Phi) is 6.11. The zero-order chi connectivity index (χ0) is 13.4. The SMILES string of the molecule is COCCCCCNc1ccc(S(N)(=O)=O)cc1. The second-order valence-electron chi connectivity index (χ2n) is 4.05. The highest BCUT2D eigenvalue weighted by Crippen LogP contribution is 2.12. The Labute approximate surface area is 108 Å². The highest BCUT2D eigenvalue weighted by atomic mass is 32.2. The first-order valence-electron chi connectivity index (χ1n) is 5.90. The van der Waals surface area contributed by atoms with E-state index in [9.17, 15) is 8.42 Å². The van der Waals surface area contributed by atoms with Crippen molar-refractivity contribution in [1.29, 1.82) is 0 Å². The van der Waals surface area contributed by atoms with E-state index in [0.717, 1.165) is 38.1 Å². The van der Waals surface area contributed by atoms with Gasteiger partial charge in [-0.2, -0.15) is 0 Å². The van der Waals surface area contributed by atoms with E-state index in [1.807, 2.05) is 0 Å². The molecule has 3 N–H and O–H groups in total. The Balaban J connectivity index is 2.32. The molecule has 0 fully saturated rings. The minimum atomic E-state index is -3.60. The summed E-state index contributed by atoms with van der Waals surface area (Å²) >= 11 is 0. The molecule has 0 amide bonds. The predicted octanol–water partition coefficient (Wildman–Crippen LogP) is 1.56. The van der Waals surface area contributed by atoms with Crippen molar-refractivity contribution < 1.29 is 13.2 Å². The Morgan fingerprint density at radius 3 is 2.39 bits per heavy atom. The third-order valence-corrected chi connectivity index (χ3v) is 3.47. The molecule has 0 aromatic heterocycles. The molecule has 0 unspecified atom stereocenters. The Hall–Kier alpha value is -1.11. The van der Waals surface area contributed by atoms with Gasteiger partial charge >= 0.3 is 0 Å². The van der Waals surface area contributed by atoms with Crippen LogP contribution in [-0.4, -0.2) is 28.7 Å². The molecule has 0 aliphatic rings. The van der Waals surface area contributed by atoms with Crippen LogP contribution in [0.4, 0.5) is 5.69 Å². The van der Waals surface area contributed by atoms with Gasteiger partial charge < -0.3 is 10.1 Å². The average Bonchev–Trinajstić information content (AvgIpc) is 2.33. The standard InChI is InChI=1S/C12H20N2O3S/c1-17-10-4-2-3-9-14-11-5-7-12(8-6-11)18(13,15)16/h5-8,14H,2-4,9-10H2,1H3,(H2,13,15,16). The Morgan fingerprint density at radius 2 is 1.83 bits per heavy atom. The van der Waals surface area contributed by atoms with Crippen molar-refractivity contribution >= 4 is 15.7 Å². The van der Waals surface area contributed by atoms with Crippen LogP contribution in [0.25, 0.3) is 0 Å². The zero-order valence-electron chi connectivity index (χ0n) is 10.6. The highest BCUT2D eigenvalue weighted by molar-refractivity contribution is 7.89. The first-order valence-corrected chi connectivity index (χ1v) is 7.44. The van der Waals surface area contributed by atoms with Crippen LogP contribution in [0.5, 0.6) is 0 Å². The van der Waals surface area contributed by atoms with E-state index in [1.165, 1.54) is 12.1 Å². The summed E-state index contributed by atoms with van der Waals surface area (Å²) in [4.78, 5) is 0.133. The van der Waals surface area contributed by atoms with Crippen LogP contribution in [0.1, 0.15) is 19.3 Å². The van der Waals surface area contributed by atoms with Crippen LogP contribution in [0, 0.1) is 0 Å². The van der Waals surface area contributed by atoms with Gasteiger partial charge in [-0.3, -0.25) is 0 Å². The van der Waals surface area contributed by atoms with Crippen molar-refractivity contribution in [3.8, 4) is 0 Å². The molecule has 5 nitrogen and oxygen atoms in total. The maximum absolute atomic E-state index is 11.1. The molecule has 0 saturated carbocycles. The number of methoxy groups -OCH3 is 1. The topological polar surface area (TPSA) is 81.4 Å². The first-order chi connectivity index (χ1) is 8.54. The summed E-state index contributed by atoms with van der Waals surface area (Å²) in [7, 11) is -1.90. The lowest BCUT2D eigenvalue weighted by Gasteiger charge is -2.06. The van der Waals surface area contributed by atoms with Crippen molar-refractivity contribution in [2.24, 2.45) is 5.14 Å². The molecule has 0 saturated heterocycles. The lowest BCUT2D eigenvalue weighted by molar-refractivity contribution is 0.192. The summed E-state index contributed by atoms with van der Waals surface area (Å²) < 4.78 is 27.1. The zero-order valence-corrected chi connectivity index (χ0v) is 11.4. The third kappa shape index (κ3) is 5.48. The third-order valence-electron chi connectivity index (χ3n) is 2.54. The number of ether oxygens (including phenoxy) is 1. The van der Waals surface area contributed by atoms with E-state index in [0.29, 0.717) is 0 Å². The summed E-state index contributed by atoms with van der Waals surface area (Å²) in [5.41, 5.74) is 0.897. The molecule has 18 heavy (non-hydrogen) atoms. The van der Waals surface area contributed by atoms with E-state index in [-0.39, 0.29) is 4.90 Å². The van der Waals surface area contributed by atoms with Crippen LogP contribution < -0.4 is 10.5 Å². The number of nitrogens with one attached hydrogen (secondary N) is 1. The molecular formula is C12H20N2O3S. The summed E-state index contributed by atoms with van der Waals surface area (Å²) in [6.45, 7) is 1.65. The van der Waals surface area contributed by atoms with Crippen LogP contribution in [0.2, 0.25) is 0 Å². The van der Waals surface area contributed by atoms with Gasteiger partial charge in [-0.1, -0.05) is 0 Å². The fourth-order valence-electron chi connectivity index (χ4n) is 1.54. The fourth-order valence-corrected chi connectivity index (χ4v) is 2.06. The average molecular weight is 272 g/mol. The van der Waals surface area contributed by atoms with Crippen molar-refractivity contribution in [3.63, 3.8) is 0 Å². The molecule has 0 spiro atoms. The van der Waals surface area contributed by atoms with Gasteiger partial charge in [-0.15, -0.1) is 0 Å². The van der Waals surface area contributed by atoms with Gasteiger partial charge in [0.1, 0.15) is 0 Å². The second-order valence-corrected chi connectivity index (χ2v) is 5.61. The Bertz CT molecular complexity index is 443. The number of primary sulfonamides is 1. The van der Waals surface area contributed by atoms with Crippen LogP contribution in [-0.2, 0) is 14.8 Å². The smallest absolute Gasteiger partial charge is 0.238 e. The van der Waals surface area contributed by atoms with Gasteiger partial charge in [-0.05, 0) is 43.5 Å². The molecule has 1 rings (SSSR count). The number of nitrogens with two attached hydrogens (primary N) is 1. The molecule has 0 aliphatic heterocycles. The number of rotatable bonds is 8. The van der Waals surface area contributed by atoms with Crippen molar-refractivity contribution in [1.82, 2.24) is 0 Å². The number of benzene rings is 1. The normalized spacial score (nSPS) is 11.4. The van der Waals surface area contributed by atoms with Crippen LogP contribution in [0.3, 0.4) is 0 Å². The molecule has 0 radical (unpaired) electrons. The van der Waals surface area contributed by atoms with Crippen molar-refractivity contribution in [2.75, 3.05) is 25.6 Å². The first kappa shape index (κ1) is 14.9. The summed E-state index contributed by atoms with van der Waals surface area (Å²) in [6, 6.07) is 6.44. The van der Waals surface area contributed by atoms with Crippen molar-refractivity contribution in [2.45, 2.75) is 24.2 Å². The molecule has 1 aromatic rings. The maximum atomic E-state index is 11.1. The number of unbranched alkanes of at least 4 members (excludes halogenated alkanes) is 2. The van der Waals surface area contributed by atoms with Crippen LogP contribution >= 0.6 is 0 Å². The summed E-state index contributed by atoms with van der Waals surface area (Å²) in [6.07, 6.45) is 3.22. The van der Waals surface area contributed by atoms with Gasteiger partial charge in [-0.25, -0.2) is 13.6 Å². The largest absolute Gasteiger partial charge is 0.385 e. The van der Waals surface area contributed by atoms with Gasteiger partial charge in [0.05, 0.1) is 4.90 Å². The lowest BCUT2D eigenvalue weighted by atomic mass is 10.2.